The first-order valence-corrected chi connectivity index (χ1v) is 9.10. The highest BCUT2D eigenvalue weighted by Crippen LogP contribution is 2.28. The van der Waals surface area contributed by atoms with E-state index in [0.717, 1.165) is 24.3 Å². The van der Waals surface area contributed by atoms with Crippen molar-refractivity contribution < 1.29 is 4.74 Å². The van der Waals surface area contributed by atoms with E-state index < -0.39 is 0 Å². The molecule has 1 aromatic rings. The first-order valence-electron chi connectivity index (χ1n) is 7.75. The Hall–Kier alpha value is -0.210. The van der Waals surface area contributed by atoms with Crippen LogP contribution in [-0.4, -0.2) is 6.61 Å². The lowest BCUT2D eigenvalue weighted by atomic mass is 10.1. The van der Waals surface area contributed by atoms with Gasteiger partial charge in [-0.3, -0.25) is 0 Å². The van der Waals surface area contributed by atoms with Gasteiger partial charge < -0.3 is 4.74 Å². The molecule has 3 heteroatoms. The van der Waals surface area contributed by atoms with Crippen molar-refractivity contribution in [2.75, 3.05) is 6.61 Å². The maximum absolute atomic E-state index is 5.94. The van der Waals surface area contributed by atoms with Gasteiger partial charge in [-0.05, 0) is 24.1 Å². The molecule has 0 spiro atoms. The molecule has 0 aliphatic carbocycles. The molecule has 0 aromatic heterocycles. The topological polar surface area (TPSA) is 9.23 Å². The highest BCUT2D eigenvalue weighted by atomic mass is 79.9. The van der Waals surface area contributed by atoms with Crippen molar-refractivity contribution in [3.63, 3.8) is 0 Å². The van der Waals surface area contributed by atoms with Gasteiger partial charge in [0.15, 0.2) is 0 Å². The lowest BCUT2D eigenvalue weighted by molar-refractivity contribution is 0.304. The predicted octanol–water partition coefficient (Wildman–Crippen LogP) is 6.84. The summed E-state index contributed by atoms with van der Waals surface area (Å²) in [6.45, 7) is 3.07. The average molecular weight is 362 g/mol. The van der Waals surface area contributed by atoms with Crippen LogP contribution in [0.2, 0.25) is 0 Å². The van der Waals surface area contributed by atoms with Crippen LogP contribution >= 0.6 is 27.5 Å². The molecule has 114 valence electrons. The Kier molecular flexibility index (Phi) is 10.2. The fraction of sp³-hybridized carbons (Fsp3) is 0.647. The third kappa shape index (κ3) is 8.16. The second-order valence-electron chi connectivity index (χ2n) is 5.19. The fourth-order valence-electron chi connectivity index (χ4n) is 2.14. The van der Waals surface area contributed by atoms with Crippen LogP contribution < -0.4 is 4.74 Å². The number of rotatable bonds is 11. The van der Waals surface area contributed by atoms with Gasteiger partial charge in [-0.2, -0.15) is 0 Å². The minimum absolute atomic E-state index is 0.121. The van der Waals surface area contributed by atoms with Crippen LogP contribution in [0, 0.1) is 0 Å². The molecule has 0 saturated heterocycles. The molecule has 0 heterocycles. The van der Waals surface area contributed by atoms with Crippen molar-refractivity contribution in [3.05, 3.63) is 29.8 Å². The summed E-state index contributed by atoms with van der Waals surface area (Å²) in [6.07, 6.45) is 10.6. The van der Waals surface area contributed by atoms with Gasteiger partial charge in [-0.25, -0.2) is 0 Å². The summed E-state index contributed by atoms with van der Waals surface area (Å²) >= 11 is 9.27. The number of unbranched alkanes of at least 4 members (excludes halogenated alkanes) is 7. The summed E-state index contributed by atoms with van der Waals surface area (Å²) in [7, 11) is 0. The molecule has 0 radical (unpaired) electrons. The molecule has 1 nitrogen and oxygen atoms in total. The average Bonchev–Trinajstić information content (AvgIpc) is 2.46. The van der Waals surface area contributed by atoms with Crippen molar-refractivity contribution in [3.8, 4) is 5.75 Å². The third-order valence-corrected chi connectivity index (χ3v) is 4.18. The highest BCUT2D eigenvalue weighted by molar-refractivity contribution is 9.09. The molecule has 0 fully saturated rings. The number of hydrogen-bond donors (Lipinski definition) is 0. The monoisotopic (exact) mass is 360 g/mol. The van der Waals surface area contributed by atoms with E-state index in [-0.39, 0.29) is 4.29 Å². The SMILES string of the molecule is CCCCCCCCCCOc1ccc(C(Cl)Br)cc1. The van der Waals surface area contributed by atoms with Crippen molar-refractivity contribution in [1.29, 1.82) is 0 Å². The van der Waals surface area contributed by atoms with E-state index in [1.54, 1.807) is 0 Å². The van der Waals surface area contributed by atoms with Gasteiger partial charge >= 0.3 is 0 Å². The Morgan fingerprint density at radius 3 is 2.05 bits per heavy atom. The van der Waals surface area contributed by atoms with Crippen LogP contribution in [0.5, 0.6) is 5.75 Å². The van der Waals surface area contributed by atoms with Crippen LogP contribution in [0.3, 0.4) is 0 Å². The highest BCUT2D eigenvalue weighted by Gasteiger charge is 2.02. The van der Waals surface area contributed by atoms with E-state index >= 15 is 0 Å². The smallest absolute Gasteiger partial charge is 0.119 e. The maximum atomic E-state index is 5.94. The minimum atomic E-state index is -0.121. The molecule has 0 saturated carbocycles. The standard InChI is InChI=1S/C17H26BrClO/c1-2-3-4-5-6-7-8-9-14-20-16-12-10-15(11-13-16)17(18)19/h10-13,17H,2-9,14H2,1H3. The Labute approximate surface area is 137 Å². The number of hydrogen-bond acceptors (Lipinski definition) is 1. The summed E-state index contributed by atoms with van der Waals surface area (Å²) in [4.78, 5) is 0. The first kappa shape index (κ1) is 17.8. The quantitative estimate of drug-likeness (QED) is 0.310. The lowest BCUT2D eigenvalue weighted by Gasteiger charge is -2.07. The molecule has 0 aliphatic rings. The molecular formula is C17H26BrClO. The maximum Gasteiger partial charge on any atom is 0.119 e. The Bertz CT molecular complexity index is 337. The molecule has 1 unspecified atom stereocenters. The number of halogens is 2. The summed E-state index contributed by atoms with van der Waals surface area (Å²) in [5.74, 6) is 0.932. The van der Waals surface area contributed by atoms with Crippen LogP contribution in [-0.2, 0) is 0 Å². The number of benzene rings is 1. The molecule has 0 N–H and O–H groups in total. The van der Waals surface area contributed by atoms with Gasteiger partial charge in [-0.1, -0.05) is 79.9 Å². The molecule has 0 aliphatic heterocycles. The minimum Gasteiger partial charge on any atom is -0.494 e. The lowest BCUT2D eigenvalue weighted by Crippen LogP contribution is -1.97. The van der Waals surface area contributed by atoms with E-state index in [9.17, 15) is 0 Å². The third-order valence-electron chi connectivity index (χ3n) is 3.40. The van der Waals surface area contributed by atoms with E-state index in [4.69, 9.17) is 16.3 Å². The van der Waals surface area contributed by atoms with Crippen LogP contribution in [0.25, 0.3) is 0 Å². The van der Waals surface area contributed by atoms with Gasteiger partial charge in [0.05, 0.1) is 6.61 Å². The van der Waals surface area contributed by atoms with E-state index in [0.29, 0.717) is 0 Å². The van der Waals surface area contributed by atoms with Crippen molar-refractivity contribution in [2.45, 2.75) is 62.6 Å². The van der Waals surface area contributed by atoms with Crippen LogP contribution in [0.4, 0.5) is 0 Å². The largest absolute Gasteiger partial charge is 0.494 e. The Morgan fingerprint density at radius 2 is 1.50 bits per heavy atom. The molecule has 1 rings (SSSR count). The van der Waals surface area contributed by atoms with E-state index in [1.165, 1.54) is 44.9 Å². The summed E-state index contributed by atoms with van der Waals surface area (Å²) in [6, 6.07) is 7.96. The number of alkyl halides is 2. The molecular weight excluding hydrogens is 336 g/mol. The van der Waals surface area contributed by atoms with Crippen molar-refractivity contribution in [1.82, 2.24) is 0 Å². The van der Waals surface area contributed by atoms with Crippen molar-refractivity contribution in [2.24, 2.45) is 0 Å². The summed E-state index contributed by atoms with van der Waals surface area (Å²) in [5, 5.41) is 0. The zero-order valence-corrected chi connectivity index (χ0v) is 14.8. The molecule has 1 aromatic carbocycles. The molecule has 0 bridgehead atoms. The second kappa shape index (κ2) is 11.4. The van der Waals surface area contributed by atoms with Gasteiger partial charge in [0.2, 0.25) is 0 Å². The van der Waals surface area contributed by atoms with Crippen LogP contribution in [0.15, 0.2) is 24.3 Å². The normalized spacial score (nSPS) is 12.3. The van der Waals surface area contributed by atoms with Gasteiger partial charge in [0.25, 0.3) is 0 Å². The molecule has 0 amide bonds. The van der Waals surface area contributed by atoms with E-state index in [1.807, 2.05) is 24.3 Å². The van der Waals surface area contributed by atoms with Crippen molar-refractivity contribution >= 4 is 27.5 Å². The van der Waals surface area contributed by atoms with Gasteiger partial charge in [-0.15, -0.1) is 11.6 Å². The Morgan fingerprint density at radius 1 is 0.950 bits per heavy atom. The van der Waals surface area contributed by atoms with E-state index in [2.05, 4.69) is 22.9 Å². The number of ether oxygens (including phenoxy) is 1. The zero-order chi connectivity index (χ0) is 14.6. The fourth-order valence-corrected chi connectivity index (χ4v) is 2.59. The Balaban J connectivity index is 2.01. The zero-order valence-electron chi connectivity index (χ0n) is 12.4. The molecule has 20 heavy (non-hydrogen) atoms. The second-order valence-corrected chi connectivity index (χ2v) is 7.07. The summed E-state index contributed by atoms with van der Waals surface area (Å²) < 4.78 is 5.61. The van der Waals surface area contributed by atoms with Crippen LogP contribution in [0.1, 0.15) is 68.1 Å². The molecule has 1 atom stereocenters. The van der Waals surface area contributed by atoms with Gasteiger partial charge in [0.1, 0.15) is 10.0 Å². The van der Waals surface area contributed by atoms with Gasteiger partial charge in [0, 0.05) is 0 Å². The predicted molar refractivity (Wildman–Crippen MR) is 92.1 cm³/mol. The first-order chi connectivity index (χ1) is 9.74. The summed E-state index contributed by atoms with van der Waals surface area (Å²) in [5.41, 5.74) is 1.06.